The van der Waals surface area contributed by atoms with Gasteiger partial charge in [0.05, 0.1) is 13.2 Å². The average molecular weight is 366 g/mol. The third kappa shape index (κ3) is 6.74. The molecule has 1 aliphatic heterocycles. The van der Waals surface area contributed by atoms with Crippen molar-refractivity contribution in [1.29, 1.82) is 0 Å². The Hall–Kier alpha value is -1.96. The van der Waals surface area contributed by atoms with E-state index < -0.39 is 0 Å². The van der Waals surface area contributed by atoms with Crippen LogP contribution in [0.25, 0.3) is 0 Å². The van der Waals surface area contributed by atoms with Crippen LogP contribution in [0.2, 0.25) is 0 Å². The molecule has 8 nitrogen and oxygen atoms in total. The fourth-order valence-electron chi connectivity index (χ4n) is 3.03. The summed E-state index contributed by atoms with van der Waals surface area (Å²) in [6.07, 6.45) is 4.48. The summed E-state index contributed by atoms with van der Waals surface area (Å²) in [6, 6.07) is 0. The number of aromatic nitrogens is 2. The van der Waals surface area contributed by atoms with Crippen LogP contribution in [0.3, 0.4) is 0 Å². The maximum atomic E-state index is 12.4. The molecule has 1 amide bonds. The Bertz CT molecular complexity index is 575. The van der Waals surface area contributed by atoms with E-state index in [4.69, 9.17) is 9.26 Å². The van der Waals surface area contributed by atoms with Gasteiger partial charge in [0.1, 0.15) is 0 Å². The SMILES string of the molecule is CCCc1noc(CCCC(=O)N2CCCN(CC(=O)OCC)CC2)n1. The van der Waals surface area contributed by atoms with Gasteiger partial charge in [-0.25, -0.2) is 0 Å². The molecule has 0 radical (unpaired) electrons. The lowest BCUT2D eigenvalue weighted by Gasteiger charge is -2.21. The lowest BCUT2D eigenvalue weighted by atomic mass is 10.2. The molecular formula is C18H30N4O4. The molecule has 1 aromatic heterocycles. The van der Waals surface area contributed by atoms with Gasteiger partial charge in [0.25, 0.3) is 0 Å². The van der Waals surface area contributed by atoms with Crippen molar-refractivity contribution in [3.8, 4) is 0 Å². The zero-order valence-electron chi connectivity index (χ0n) is 15.9. The van der Waals surface area contributed by atoms with Crippen LogP contribution >= 0.6 is 0 Å². The number of hydrogen-bond donors (Lipinski definition) is 0. The zero-order valence-corrected chi connectivity index (χ0v) is 15.9. The van der Waals surface area contributed by atoms with Gasteiger partial charge in [0.15, 0.2) is 5.82 Å². The quantitative estimate of drug-likeness (QED) is 0.611. The Balaban J connectivity index is 1.69. The van der Waals surface area contributed by atoms with Gasteiger partial charge < -0.3 is 14.2 Å². The van der Waals surface area contributed by atoms with Crippen molar-refractivity contribution < 1.29 is 18.8 Å². The highest BCUT2D eigenvalue weighted by atomic mass is 16.5. The van der Waals surface area contributed by atoms with Crippen LogP contribution in [0.15, 0.2) is 4.52 Å². The molecule has 0 aromatic carbocycles. The third-order valence-electron chi connectivity index (χ3n) is 4.36. The number of esters is 1. The number of carbonyl (C=O) groups is 2. The summed E-state index contributed by atoms with van der Waals surface area (Å²) in [5.74, 6) is 1.30. The highest BCUT2D eigenvalue weighted by Gasteiger charge is 2.20. The molecule has 1 aromatic rings. The number of hydrogen-bond acceptors (Lipinski definition) is 7. The van der Waals surface area contributed by atoms with Gasteiger partial charge in [-0.2, -0.15) is 4.98 Å². The number of ether oxygens (including phenoxy) is 1. The van der Waals surface area contributed by atoms with Gasteiger partial charge in [-0.1, -0.05) is 12.1 Å². The highest BCUT2D eigenvalue weighted by Crippen LogP contribution is 2.09. The van der Waals surface area contributed by atoms with Gasteiger partial charge in [0, 0.05) is 45.4 Å². The van der Waals surface area contributed by atoms with Crippen LogP contribution in [-0.4, -0.2) is 71.1 Å². The molecule has 2 heterocycles. The Morgan fingerprint density at radius 2 is 2.00 bits per heavy atom. The topological polar surface area (TPSA) is 88.8 Å². The summed E-state index contributed by atoms with van der Waals surface area (Å²) in [6.45, 7) is 7.48. The molecule has 1 aliphatic rings. The van der Waals surface area contributed by atoms with Crippen molar-refractivity contribution in [3.05, 3.63) is 11.7 Å². The molecule has 1 saturated heterocycles. The fourth-order valence-corrected chi connectivity index (χ4v) is 3.03. The van der Waals surface area contributed by atoms with Crippen molar-refractivity contribution in [2.24, 2.45) is 0 Å². The average Bonchev–Trinajstić information content (AvgIpc) is 2.92. The zero-order chi connectivity index (χ0) is 18.8. The molecule has 0 aliphatic carbocycles. The molecule has 0 unspecified atom stereocenters. The van der Waals surface area contributed by atoms with E-state index in [1.807, 2.05) is 4.90 Å². The molecule has 0 atom stereocenters. The second-order valence-electron chi connectivity index (χ2n) is 6.52. The molecule has 8 heteroatoms. The van der Waals surface area contributed by atoms with Crippen LogP contribution in [0, 0.1) is 0 Å². The Labute approximate surface area is 154 Å². The summed E-state index contributed by atoms with van der Waals surface area (Å²) >= 11 is 0. The summed E-state index contributed by atoms with van der Waals surface area (Å²) in [5, 5.41) is 3.93. The standard InChI is InChI=1S/C18H30N4O4/c1-3-7-15-19-16(26-20-15)8-5-9-17(23)22-11-6-10-21(12-13-22)14-18(24)25-4-2/h3-14H2,1-2H3. The van der Waals surface area contributed by atoms with Crippen molar-refractivity contribution in [1.82, 2.24) is 19.9 Å². The Kier molecular flexibility index (Phi) is 8.53. The minimum absolute atomic E-state index is 0.149. The minimum atomic E-state index is -0.200. The van der Waals surface area contributed by atoms with Crippen molar-refractivity contribution in [2.45, 2.75) is 52.4 Å². The van der Waals surface area contributed by atoms with Crippen LogP contribution in [0.5, 0.6) is 0 Å². The van der Waals surface area contributed by atoms with Gasteiger partial charge in [-0.05, 0) is 26.2 Å². The second kappa shape index (κ2) is 10.9. The van der Waals surface area contributed by atoms with Gasteiger partial charge >= 0.3 is 5.97 Å². The molecule has 0 bridgehead atoms. The van der Waals surface area contributed by atoms with E-state index >= 15 is 0 Å². The molecule has 1 fully saturated rings. The predicted octanol–water partition coefficient (Wildman–Crippen LogP) is 1.44. The molecular weight excluding hydrogens is 336 g/mol. The molecule has 146 valence electrons. The van der Waals surface area contributed by atoms with E-state index in [0.29, 0.717) is 51.4 Å². The molecule has 2 rings (SSSR count). The number of aryl methyl sites for hydroxylation is 2. The van der Waals surface area contributed by atoms with E-state index in [9.17, 15) is 9.59 Å². The van der Waals surface area contributed by atoms with E-state index in [2.05, 4.69) is 22.0 Å². The summed E-state index contributed by atoms with van der Waals surface area (Å²) in [4.78, 5) is 32.3. The Morgan fingerprint density at radius 1 is 1.15 bits per heavy atom. The molecule has 0 spiro atoms. The van der Waals surface area contributed by atoms with Crippen LogP contribution in [0.4, 0.5) is 0 Å². The van der Waals surface area contributed by atoms with Crippen molar-refractivity contribution >= 4 is 11.9 Å². The van der Waals surface area contributed by atoms with Crippen LogP contribution in [-0.2, 0) is 27.2 Å². The van der Waals surface area contributed by atoms with Gasteiger partial charge in [0.2, 0.25) is 11.8 Å². The first-order valence-electron chi connectivity index (χ1n) is 9.59. The van der Waals surface area contributed by atoms with Crippen molar-refractivity contribution in [3.63, 3.8) is 0 Å². The third-order valence-corrected chi connectivity index (χ3v) is 4.36. The maximum Gasteiger partial charge on any atom is 0.320 e. The Morgan fingerprint density at radius 3 is 2.77 bits per heavy atom. The smallest absolute Gasteiger partial charge is 0.320 e. The van der Waals surface area contributed by atoms with Crippen LogP contribution in [0.1, 0.15) is 51.2 Å². The van der Waals surface area contributed by atoms with Crippen LogP contribution < -0.4 is 0 Å². The number of rotatable bonds is 9. The van der Waals surface area contributed by atoms with E-state index in [-0.39, 0.29) is 11.9 Å². The number of nitrogens with zero attached hydrogens (tertiary/aromatic N) is 4. The van der Waals surface area contributed by atoms with Crippen molar-refractivity contribution in [2.75, 3.05) is 39.3 Å². The lowest BCUT2D eigenvalue weighted by Crippen LogP contribution is -2.37. The van der Waals surface area contributed by atoms with Gasteiger partial charge in [-0.3, -0.25) is 14.5 Å². The first-order valence-corrected chi connectivity index (χ1v) is 9.59. The lowest BCUT2D eigenvalue weighted by molar-refractivity contribution is -0.144. The normalized spacial score (nSPS) is 15.7. The first-order chi connectivity index (χ1) is 12.6. The minimum Gasteiger partial charge on any atom is -0.465 e. The number of carbonyl (C=O) groups excluding carboxylic acids is 2. The molecule has 0 saturated carbocycles. The van der Waals surface area contributed by atoms with E-state index in [0.717, 1.165) is 38.2 Å². The predicted molar refractivity (Wildman–Crippen MR) is 95.5 cm³/mol. The summed E-state index contributed by atoms with van der Waals surface area (Å²) < 4.78 is 10.2. The summed E-state index contributed by atoms with van der Waals surface area (Å²) in [5.41, 5.74) is 0. The fraction of sp³-hybridized carbons (Fsp3) is 0.778. The largest absolute Gasteiger partial charge is 0.465 e. The maximum absolute atomic E-state index is 12.4. The number of amides is 1. The monoisotopic (exact) mass is 366 g/mol. The van der Waals surface area contributed by atoms with E-state index in [1.165, 1.54) is 0 Å². The first kappa shape index (κ1) is 20.4. The second-order valence-corrected chi connectivity index (χ2v) is 6.52. The van der Waals surface area contributed by atoms with Gasteiger partial charge in [-0.15, -0.1) is 0 Å². The molecule has 26 heavy (non-hydrogen) atoms. The summed E-state index contributed by atoms with van der Waals surface area (Å²) in [7, 11) is 0. The van der Waals surface area contributed by atoms with E-state index in [1.54, 1.807) is 6.92 Å². The highest BCUT2D eigenvalue weighted by molar-refractivity contribution is 5.76. The molecule has 0 N–H and O–H groups in total.